The van der Waals surface area contributed by atoms with E-state index in [-0.39, 0.29) is 17.7 Å². The molecule has 5 nitrogen and oxygen atoms in total. The molecule has 0 bridgehead atoms. The number of hydrogen-bond donors (Lipinski definition) is 2. The van der Waals surface area contributed by atoms with Crippen LogP contribution in [0.4, 0.5) is 0 Å². The maximum Gasteiger partial charge on any atom is 0.251 e. The lowest BCUT2D eigenvalue weighted by molar-refractivity contribution is -0.136. The van der Waals surface area contributed by atoms with Crippen LogP contribution in [-0.4, -0.2) is 43.9 Å². The van der Waals surface area contributed by atoms with E-state index in [2.05, 4.69) is 10.6 Å². The van der Waals surface area contributed by atoms with Gasteiger partial charge in [-0.05, 0) is 17.7 Å². The summed E-state index contributed by atoms with van der Waals surface area (Å²) < 4.78 is 0. The third-order valence-corrected chi connectivity index (χ3v) is 3.37. The first-order chi connectivity index (χ1) is 9.11. The van der Waals surface area contributed by atoms with Crippen molar-refractivity contribution in [3.05, 3.63) is 35.4 Å². The second-order valence-electron chi connectivity index (χ2n) is 4.83. The molecule has 102 valence electrons. The molecule has 0 aromatic heterocycles. The zero-order valence-electron chi connectivity index (χ0n) is 11.3. The van der Waals surface area contributed by atoms with E-state index in [0.29, 0.717) is 12.1 Å². The number of nitrogens with one attached hydrogen (secondary N) is 2. The smallest absolute Gasteiger partial charge is 0.251 e. The van der Waals surface area contributed by atoms with Crippen molar-refractivity contribution in [2.45, 2.75) is 6.54 Å². The highest BCUT2D eigenvalue weighted by atomic mass is 16.2. The van der Waals surface area contributed by atoms with Crippen LogP contribution in [0.2, 0.25) is 0 Å². The largest absolute Gasteiger partial charge is 0.355 e. The van der Waals surface area contributed by atoms with E-state index >= 15 is 0 Å². The summed E-state index contributed by atoms with van der Waals surface area (Å²) in [5.74, 6) is 0.195. The standard InChI is InChI=1S/C14H19N3O2/c1-15-13(18)11-5-3-10(4-6-11)9-17(2)14(19)12-7-16-8-12/h3-6,12,16H,7-9H2,1-2H3,(H,15,18). The Labute approximate surface area is 113 Å². The van der Waals surface area contributed by atoms with Crippen molar-refractivity contribution in [2.75, 3.05) is 27.2 Å². The fraction of sp³-hybridized carbons (Fsp3) is 0.429. The van der Waals surface area contributed by atoms with Crippen LogP contribution in [0.1, 0.15) is 15.9 Å². The summed E-state index contributed by atoms with van der Waals surface area (Å²) in [5.41, 5.74) is 1.65. The van der Waals surface area contributed by atoms with E-state index in [1.807, 2.05) is 19.2 Å². The topological polar surface area (TPSA) is 61.4 Å². The van der Waals surface area contributed by atoms with Crippen molar-refractivity contribution in [1.82, 2.24) is 15.5 Å². The molecule has 1 aliphatic heterocycles. The van der Waals surface area contributed by atoms with Gasteiger partial charge in [-0.1, -0.05) is 12.1 Å². The number of rotatable bonds is 4. The fourth-order valence-electron chi connectivity index (χ4n) is 2.03. The Morgan fingerprint density at radius 2 is 1.95 bits per heavy atom. The maximum absolute atomic E-state index is 12.0. The first kappa shape index (κ1) is 13.5. The van der Waals surface area contributed by atoms with Gasteiger partial charge in [0, 0.05) is 39.3 Å². The molecule has 0 unspecified atom stereocenters. The number of amides is 2. The minimum Gasteiger partial charge on any atom is -0.355 e. The van der Waals surface area contributed by atoms with E-state index in [4.69, 9.17) is 0 Å². The van der Waals surface area contributed by atoms with Crippen LogP contribution in [0.3, 0.4) is 0 Å². The molecule has 0 saturated carbocycles. The van der Waals surface area contributed by atoms with Crippen LogP contribution in [0.15, 0.2) is 24.3 Å². The Bertz CT molecular complexity index is 466. The monoisotopic (exact) mass is 261 g/mol. The molecule has 5 heteroatoms. The second kappa shape index (κ2) is 5.84. The lowest BCUT2D eigenvalue weighted by Gasteiger charge is -2.30. The lowest BCUT2D eigenvalue weighted by atomic mass is 10.0. The van der Waals surface area contributed by atoms with E-state index in [1.165, 1.54) is 0 Å². The highest BCUT2D eigenvalue weighted by molar-refractivity contribution is 5.93. The summed E-state index contributed by atoms with van der Waals surface area (Å²) in [6.45, 7) is 2.13. The molecule has 1 fully saturated rings. The van der Waals surface area contributed by atoms with Crippen LogP contribution in [0.25, 0.3) is 0 Å². The molecule has 0 radical (unpaired) electrons. The third kappa shape index (κ3) is 3.12. The molecular weight excluding hydrogens is 242 g/mol. The Morgan fingerprint density at radius 3 is 2.42 bits per heavy atom. The second-order valence-corrected chi connectivity index (χ2v) is 4.83. The third-order valence-electron chi connectivity index (χ3n) is 3.37. The van der Waals surface area contributed by atoms with Gasteiger partial charge in [0.1, 0.15) is 0 Å². The molecule has 1 aliphatic rings. The van der Waals surface area contributed by atoms with Gasteiger partial charge >= 0.3 is 0 Å². The predicted molar refractivity (Wildman–Crippen MR) is 72.7 cm³/mol. The molecule has 0 aliphatic carbocycles. The lowest BCUT2D eigenvalue weighted by Crippen LogP contribution is -2.50. The summed E-state index contributed by atoms with van der Waals surface area (Å²) >= 11 is 0. The zero-order chi connectivity index (χ0) is 13.8. The molecule has 1 aromatic carbocycles. The minimum atomic E-state index is -0.100. The zero-order valence-corrected chi connectivity index (χ0v) is 11.3. The highest BCUT2D eigenvalue weighted by Gasteiger charge is 2.27. The van der Waals surface area contributed by atoms with Gasteiger partial charge in [0.2, 0.25) is 5.91 Å². The molecule has 19 heavy (non-hydrogen) atoms. The van der Waals surface area contributed by atoms with Crippen molar-refractivity contribution in [1.29, 1.82) is 0 Å². The van der Waals surface area contributed by atoms with Gasteiger partial charge in [-0.25, -0.2) is 0 Å². The highest BCUT2D eigenvalue weighted by Crippen LogP contribution is 2.11. The first-order valence-electron chi connectivity index (χ1n) is 6.38. The SMILES string of the molecule is CNC(=O)c1ccc(CN(C)C(=O)C2CNC2)cc1. The van der Waals surface area contributed by atoms with Crippen LogP contribution < -0.4 is 10.6 Å². The average molecular weight is 261 g/mol. The summed E-state index contributed by atoms with van der Waals surface area (Å²) in [6.07, 6.45) is 0. The van der Waals surface area contributed by atoms with Gasteiger partial charge in [0.15, 0.2) is 0 Å². The fourth-order valence-corrected chi connectivity index (χ4v) is 2.03. The Morgan fingerprint density at radius 1 is 1.32 bits per heavy atom. The predicted octanol–water partition coefficient (Wildman–Crippen LogP) is 0.224. The van der Waals surface area contributed by atoms with Crippen molar-refractivity contribution >= 4 is 11.8 Å². The van der Waals surface area contributed by atoms with E-state index in [0.717, 1.165) is 18.7 Å². The number of hydrogen-bond acceptors (Lipinski definition) is 3. The molecule has 0 spiro atoms. The van der Waals surface area contributed by atoms with Gasteiger partial charge in [-0.15, -0.1) is 0 Å². The molecule has 1 aromatic rings. The van der Waals surface area contributed by atoms with Gasteiger partial charge < -0.3 is 15.5 Å². The van der Waals surface area contributed by atoms with Gasteiger partial charge in [-0.3, -0.25) is 9.59 Å². The Hall–Kier alpha value is -1.88. The van der Waals surface area contributed by atoms with Crippen molar-refractivity contribution in [3.8, 4) is 0 Å². The molecule has 1 heterocycles. The van der Waals surface area contributed by atoms with Crippen molar-refractivity contribution < 1.29 is 9.59 Å². The maximum atomic E-state index is 12.0. The normalized spacial score (nSPS) is 14.6. The van der Waals surface area contributed by atoms with Crippen LogP contribution in [0.5, 0.6) is 0 Å². The quantitative estimate of drug-likeness (QED) is 0.815. The number of benzene rings is 1. The number of nitrogens with zero attached hydrogens (tertiary/aromatic N) is 1. The van der Waals surface area contributed by atoms with Crippen LogP contribution in [0, 0.1) is 5.92 Å². The molecule has 1 saturated heterocycles. The summed E-state index contributed by atoms with van der Waals surface area (Å²) in [5, 5.41) is 5.67. The Balaban J connectivity index is 1.95. The first-order valence-corrected chi connectivity index (χ1v) is 6.38. The van der Waals surface area contributed by atoms with Gasteiger partial charge in [0.25, 0.3) is 5.91 Å². The number of carbonyl (C=O) groups excluding carboxylic acids is 2. The van der Waals surface area contributed by atoms with Crippen molar-refractivity contribution in [2.24, 2.45) is 5.92 Å². The van der Waals surface area contributed by atoms with Crippen molar-refractivity contribution in [3.63, 3.8) is 0 Å². The van der Waals surface area contributed by atoms with Crippen LogP contribution in [-0.2, 0) is 11.3 Å². The van der Waals surface area contributed by atoms with E-state index in [9.17, 15) is 9.59 Å². The van der Waals surface area contributed by atoms with Gasteiger partial charge in [-0.2, -0.15) is 0 Å². The summed E-state index contributed by atoms with van der Waals surface area (Å²) in [7, 11) is 3.42. The molecule has 2 amide bonds. The molecular formula is C14H19N3O2. The van der Waals surface area contributed by atoms with Crippen LogP contribution >= 0.6 is 0 Å². The summed E-state index contributed by atoms with van der Waals surface area (Å²) in [6, 6.07) is 7.32. The minimum absolute atomic E-state index is 0.100. The summed E-state index contributed by atoms with van der Waals surface area (Å²) in [4.78, 5) is 25.1. The van der Waals surface area contributed by atoms with Gasteiger partial charge in [0.05, 0.1) is 5.92 Å². The van der Waals surface area contributed by atoms with E-state index in [1.54, 1.807) is 24.1 Å². The molecule has 0 atom stereocenters. The molecule has 2 rings (SSSR count). The Kier molecular flexibility index (Phi) is 4.16. The average Bonchev–Trinajstić information content (AvgIpc) is 2.36. The van der Waals surface area contributed by atoms with E-state index < -0.39 is 0 Å². The number of carbonyl (C=O) groups is 2. The molecule has 2 N–H and O–H groups in total.